The zero-order valence-corrected chi connectivity index (χ0v) is 36.9. The number of hydrogen-bond acceptors (Lipinski definition) is 3. The van der Waals surface area contributed by atoms with Gasteiger partial charge in [-0.1, -0.05) is 135 Å². The lowest BCUT2D eigenvalue weighted by atomic mass is 9.90. The fourth-order valence-corrected chi connectivity index (χ4v) is 12.6. The Morgan fingerprint density at radius 1 is 0.653 bits per heavy atom. The molecule has 0 amide bonds. The third-order valence-corrected chi connectivity index (χ3v) is 24.8. The summed E-state index contributed by atoms with van der Waals surface area (Å²) in [5.74, 6) is 2.22. The average molecular weight is 717 g/mol. The first kappa shape index (κ1) is 41.0. The highest BCUT2D eigenvalue weighted by atomic mass is 28.4. The van der Waals surface area contributed by atoms with Crippen LogP contribution >= 0.6 is 0 Å². The molecule has 0 N–H and O–H groups in total. The van der Waals surface area contributed by atoms with Gasteiger partial charge < -0.3 is 13.3 Å². The fourth-order valence-electron chi connectivity index (χ4n) is 5.94. The van der Waals surface area contributed by atoms with E-state index in [0.717, 1.165) is 29.9 Å². The first-order valence-electron chi connectivity index (χ1n) is 18.3. The summed E-state index contributed by atoms with van der Waals surface area (Å²) in [6, 6.07) is 26.6. The summed E-state index contributed by atoms with van der Waals surface area (Å²) in [6.45, 7) is 37.6. The van der Waals surface area contributed by atoms with E-state index in [0.29, 0.717) is 6.61 Å². The minimum absolute atomic E-state index is 0.0737. The molecule has 270 valence electrons. The summed E-state index contributed by atoms with van der Waals surface area (Å²) in [5.41, 5.74) is 3.72. The van der Waals surface area contributed by atoms with E-state index in [2.05, 4.69) is 188 Å². The minimum atomic E-state index is -2.67. The molecule has 0 unspecified atom stereocenters. The van der Waals surface area contributed by atoms with Gasteiger partial charge in [0.25, 0.3) is 8.32 Å². The summed E-state index contributed by atoms with van der Waals surface area (Å²) in [6.07, 6.45) is 4.19. The minimum Gasteiger partial charge on any atom is -0.543 e. The standard InChI is InChI=1S/C43H68O3Si3/c1-33(2)27-28-35(29-30-44-49(43(10,11)12,36-23-19-17-20-24-36)37-25-21-18-22-26-37)38-32-39(45-47(13,14)41(4,5)6)34(3)31-40(38)46-48(15,16)42(7,8)9/h17-27,31-32,35H,28-30H2,1-16H3/t35-/m0/s1. The highest BCUT2D eigenvalue weighted by molar-refractivity contribution is 6.99. The van der Waals surface area contributed by atoms with E-state index in [4.69, 9.17) is 13.3 Å². The second-order valence-electron chi connectivity index (χ2n) is 18.4. The van der Waals surface area contributed by atoms with Crippen molar-refractivity contribution in [3.63, 3.8) is 0 Å². The van der Waals surface area contributed by atoms with Gasteiger partial charge in [-0.05, 0) is 114 Å². The molecule has 0 heterocycles. The van der Waals surface area contributed by atoms with Crippen LogP contribution in [0.15, 0.2) is 84.4 Å². The Morgan fingerprint density at radius 2 is 1.10 bits per heavy atom. The lowest BCUT2D eigenvalue weighted by Gasteiger charge is -2.43. The quantitative estimate of drug-likeness (QED) is 0.130. The van der Waals surface area contributed by atoms with Crippen LogP contribution in [0.4, 0.5) is 0 Å². The van der Waals surface area contributed by atoms with Crippen LogP contribution in [0.5, 0.6) is 11.5 Å². The van der Waals surface area contributed by atoms with Crippen molar-refractivity contribution in [2.75, 3.05) is 6.61 Å². The van der Waals surface area contributed by atoms with E-state index in [1.807, 2.05) is 0 Å². The number of hydrogen-bond donors (Lipinski definition) is 0. The summed E-state index contributed by atoms with van der Waals surface area (Å²) in [5, 5.41) is 2.74. The summed E-state index contributed by atoms with van der Waals surface area (Å²) >= 11 is 0. The van der Waals surface area contributed by atoms with Crippen LogP contribution < -0.4 is 19.2 Å². The van der Waals surface area contributed by atoms with Gasteiger partial charge in [0, 0.05) is 6.61 Å². The van der Waals surface area contributed by atoms with E-state index >= 15 is 0 Å². The van der Waals surface area contributed by atoms with Crippen molar-refractivity contribution >= 4 is 35.3 Å². The molecule has 0 aromatic heterocycles. The van der Waals surface area contributed by atoms with Gasteiger partial charge in [0.15, 0.2) is 0 Å². The SMILES string of the molecule is CC(C)=CC[C@@H](CCO[Si](c1ccccc1)(c1ccccc1)C(C)(C)C)c1cc(O[Si](C)(C)C(C)(C)C)c(C)cc1O[Si](C)(C)C(C)(C)C. The Balaban J connectivity index is 2.19. The first-order valence-corrected chi connectivity index (χ1v) is 26.1. The summed E-state index contributed by atoms with van der Waals surface area (Å²) < 4.78 is 21.7. The van der Waals surface area contributed by atoms with Gasteiger partial charge in [0.2, 0.25) is 16.6 Å². The van der Waals surface area contributed by atoms with Crippen LogP contribution in [0.2, 0.25) is 41.3 Å². The highest BCUT2D eigenvalue weighted by Crippen LogP contribution is 2.45. The number of rotatable bonds is 13. The Hall–Kier alpha value is -2.39. The predicted octanol–water partition coefficient (Wildman–Crippen LogP) is 12.2. The van der Waals surface area contributed by atoms with Crippen molar-refractivity contribution in [1.29, 1.82) is 0 Å². The van der Waals surface area contributed by atoms with E-state index in [-0.39, 0.29) is 21.0 Å². The van der Waals surface area contributed by atoms with Gasteiger partial charge in [-0.25, -0.2) is 0 Å². The van der Waals surface area contributed by atoms with Gasteiger partial charge >= 0.3 is 0 Å². The molecular weight excluding hydrogens is 649 g/mol. The smallest absolute Gasteiger partial charge is 0.261 e. The second kappa shape index (κ2) is 15.5. The summed E-state index contributed by atoms with van der Waals surface area (Å²) in [4.78, 5) is 0. The molecule has 0 aliphatic carbocycles. The third kappa shape index (κ3) is 9.69. The van der Waals surface area contributed by atoms with Crippen LogP contribution in [0, 0.1) is 6.92 Å². The van der Waals surface area contributed by atoms with Crippen molar-refractivity contribution in [3.05, 3.63) is 95.6 Å². The molecular formula is C43H68O3Si3. The molecule has 0 bridgehead atoms. The molecule has 0 radical (unpaired) electrons. The number of benzene rings is 3. The molecule has 49 heavy (non-hydrogen) atoms. The topological polar surface area (TPSA) is 27.7 Å². The van der Waals surface area contributed by atoms with E-state index < -0.39 is 25.0 Å². The maximum absolute atomic E-state index is 7.46. The Kier molecular flexibility index (Phi) is 13.0. The van der Waals surface area contributed by atoms with Gasteiger partial charge in [0.1, 0.15) is 11.5 Å². The van der Waals surface area contributed by atoms with Crippen molar-refractivity contribution in [3.8, 4) is 11.5 Å². The molecule has 0 saturated heterocycles. The van der Waals surface area contributed by atoms with Crippen molar-refractivity contribution in [1.82, 2.24) is 0 Å². The molecule has 3 rings (SSSR count). The summed E-state index contributed by atoms with van der Waals surface area (Å²) in [7, 11) is -6.88. The van der Waals surface area contributed by atoms with Gasteiger partial charge in [0.05, 0.1) is 0 Å². The van der Waals surface area contributed by atoms with Crippen LogP contribution in [-0.2, 0) is 4.43 Å². The lowest BCUT2D eigenvalue weighted by Crippen LogP contribution is -2.66. The van der Waals surface area contributed by atoms with E-state index in [1.165, 1.54) is 21.5 Å². The number of aryl methyl sites for hydroxylation is 1. The fraction of sp³-hybridized carbons (Fsp3) is 0.535. The normalized spacial score (nSPS) is 14.0. The maximum Gasteiger partial charge on any atom is 0.261 e. The van der Waals surface area contributed by atoms with E-state index in [1.54, 1.807) is 0 Å². The average Bonchev–Trinajstić information content (AvgIpc) is 2.97. The van der Waals surface area contributed by atoms with Crippen molar-refractivity contribution < 1.29 is 13.3 Å². The third-order valence-electron chi connectivity index (χ3n) is 11.1. The van der Waals surface area contributed by atoms with Crippen LogP contribution in [-0.4, -0.2) is 31.6 Å². The molecule has 0 spiro atoms. The predicted molar refractivity (Wildman–Crippen MR) is 222 cm³/mol. The van der Waals surface area contributed by atoms with Gasteiger partial charge in [-0.3, -0.25) is 0 Å². The second-order valence-corrected chi connectivity index (χ2v) is 32.1. The van der Waals surface area contributed by atoms with E-state index in [9.17, 15) is 0 Å². The first-order chi connectivity index (χ1) is 22.4. The zero-order chi connectivity index (χ0) is 37.1. The number of allylic oxidation sites excluding steroid dienone is 2. The maximum atomic E-state index is 7.46. The van der Waals surface area contributed by atoms with Crippen LogP contribution in [0.1, 0.15) is 106 Å². The highest BCUT2D eigenvalue weighted by Gasteiger charge is 2.50. The van der Waals surface area contributed by atoms with Crippen molar-refractivity contribution in [2.24, 2.45) is 0 Å². The van der Waals surface area contributed by atoms with Crippen LogP contribution in [0.25, 0.3) is 0 Å². The van der Waals surface area contributed by atoms with Gasteiger partial charge in [-0.2, -0.15) is 0 Å². The molecule has 0 aliphatic rings. The lowest BCUT2D eigenvalue weighted by molar-refractivity contribution is 0.279. The molecule has 1 atom stereocenters. The molecule has 3 aromatic carbocycles. The Labute approximate surface area is 304 Å². The van der Waals surface area contributed by atoms with Crippen molar-refractivity contribution in [2.45, 2.75) is 143 Å². The molecule has 0 saturated carbocycles. The molecule has 3 nitrogen and oxygen atoms in total. The molecule has 0 aliphatic heterocycles. The molecule has 6 heteroatoms. The van der Waals surface area contributed by atoms with Crippen LogP contribution in [0.3, 0.4) is 0 Å². The largest absolute Gasteiger partial charge is 0.543 e. The Bertz CT molecular complexity index is 1500. The van der Waals surface area contributed by atoms with Gasteiger partial charge in [-0.15, -0.1) is 0 Å². The molecule has 0 fully saturated rings. The zero-order valence-electron chi connectivity index (χ0n) is 33.9. The Morgan fingerprint density at radius 3 is 1.51 bits per heavy atom. The molecule has 3 aromatic rings. The monoisotopic (exact) mass is 716 g/mol.